The number of aromatic nitrogens is 2. The standard InChI is InChI=1S/C17H26N6O5/c1-10(19-15(24)28-17(2,3)4)18-8-7-13-20-21-14(27-13)12-6-5-11-9-22(12)16(25)23(11)26/h11-12,26H,5-9H2,1-4H3,(H,18,19,24)/t11-,12+/m1/s1. The molecule has 11 nitrogen and oxygen atoms in total. The Balaban J connectivity index is 1.50. The summed E-state index contributed by atoms with van der Waals surface area (Å²) in [5, 5.41) is 21.6. The van der Waals surface area contributed by atoms with E-state index in [2.05, 4.69) is 20.5 Å². The summed E-state index contributed by atoms with van der Waals surface area (Å²) in [6, 6.07) is -0.906. The van der Waals surface area contributed by atoms with Crippen LogP contribution in [0.25, 0.3) is 0 Å². The van der Waals surface area contributed by atoms with Crippen LogP contribution in [0, 0.1) is 0 Å². The molecule has 2 atom stereocenters. The Morgan fingerprint density at radius 2 is 2.14 bits per heavy atom. The van der Waals surface area contributed by atoms with Crippen molar-refractivity contribution in [2.75, 3.05) is 13.1 Å². The Labute approximate surface area is 162 Å². The van der Waals surface area contributed by atoms with Crippen molar-refractivity contribution in [1.82, 2.24) is 25.5 Å². The molecule has 2 saturated heterocycles. The third kappa shape index (κ3) is 4.58. The van der Waals surface area contributed by atoms with Crippen molar-refractivity contribution in [3.63, 3.8) is 0 Å². The lowest BCUT2D eigenvalue weighted by molar-refractivity contribution is -0.0584. The Morgan fingerprint density at radius 3 is 2.86 bits per heavy atom. The number of hydrogen-bond acceptors (Lipinski definition) is 7. The fraction of sp³-hybridized carbons (Fsp3) is 0.706. The third-order valence-corrected chi connectivity index (χ3v) is 4.48. The normalized spacial score (nSPS) is 22.6. The first kappa shape index (κ1) is 20.1. The average Bonchev–Trinajstić information content (AvgIpc) is 3.14. The molecule has 3 amide bonds. The number of fused-ring (bicyclic) bond motifs is 2. The molecule has 1 aromatic heterocycles. The molecule has 3 rings (SSSR count). The van der Waals surface area contributed by atoms with Crippen LogP contribution in [0.5, 0.6) is 0 Å². The molecule has 3 heterocycles. The van der Waals surface area contributed by atoms with E-state index in [-0.39, 0.29) is 12.1 Å². The SMILES string of the molecule is C/C(=N\C(=O)OC(C)(C)C)NCCc1nnc([C@@H]2CC[C@@H]3CN2C(=O)N3O)o1. The Morgan fingerprint density at radius 1 is 1.39 bits per heavy atom. The van der Waals surface area contributed by atoms with E-state index in [9.17, 15) is 14.8 Å². The van der Waals surface area contributed by atoms with Crippen LogP contribution in [-0.2, 0) is 11.2 Å². The fourth-order valence-corrected chi connectivity index (χ4v) is 3.22. The molecule has 0 aliphatic carbocycles. The van der Waals surface area contributed by atoms with E-state index in [4.69, 9.17) is 9.15 Å². The van der Waals surface area contributed by atoms with Crippen LogP contribution in [0.1, 0.15) is 58.4 Å². The number of amidine groups is 1. The van der Waals surface area contributed by atoms with E-state index in [1.54, 1.807) is 32.6 Å². The second-order valence-corrected chi connectivity index (χ2v) is 7.91. The number of aliphatic imine (C=N–C) groups is 1. The van der Waals surface area contributed by atoms with Gasteiger partial charge in [-0.1, -0.05) is 0 Å². The molecular weight excluding hydrogens is 368 g/mol. The van der Waals surface area contributed by atoms with Gasteiger partial charge < -0.3 is 19.4 Å². The number of nitrogens with zero attached hydrogens (tertiary/aromatic N) is 5. The number of carbonyl (C=O) groups is 2. The minimum absolute atomic E-state index is 0.164. The fourth-order valence-electron chi connectivity index (χ4n) is 3.22. The Hall–Kier alpha value is -2.69. The van der Waals surface area contributed by atoms with Gasteiger partial charge in [-0.3, -0.25) is 5.21 Å². The summed E-state index contributed by atoms with van der Waals surface area (Å²) < 4.78 is 10.8. The van der Waals surface area contributed by atoms with Crippen LogP contribution in [0.3, 0.4) is 0 Å². The maximum absolute atomic E-state index is 12.1. The van der Waals surface area contributed by atoms with Crippen LogP contribution in [0.15, 0.2) is 9.41 Å². The van der Waals surface area contributed by atoms with Gasteiger partial charge in [-0.15, -0.1) is 10.2 Å². The Bertz CT molecular complexity index is 770. The van der Waals surface area contributed by atoms with Crippen LogP contribution in [-0.4, -0.2) is 68.1 Å². The smallest absolute Gasteiger partial charge is 0.435 e. The second kappa shape index (κ2) is 7.74. The molecule has 0 saturated carbocycles. The molecule has 0 radical (unpaired) electrons. The number of hydrogen-bond donors (Lipinski definition) is 2. The summed E-state index contributed by atoms with van der Waals surface area (Å²) in [4.78, 5) is 29.1. The summed E-state index contributed by atoms with van der Waals surface area (Å²) in [5.41, 5.74) is -0.593. The third-order valence-electron chi connectivity index (χ3n) is 4.48. The zero-order chi connectivity index (χ0) is 20.5. The lowest BCUT2D eigenvalue weighted by Crippen LogP contribution is -2.34. The molecule has 0 unspecified atom stereocenters. The molecule has 0 spiro atoms. The predicted molar refractivity (Wildman–Crippen MR) is 96.8 cm³/mol. The van der Waals surface area contributed by atoms with E-state index in [1.165, 1.54) is 0 Å². The molecule has 2 aliphatic rings. The van der Waals surface area contributed by atoms with Gasteiger partial charge in [-0.25, -0.2) is 14.7 Å². The van der Waals surface area contributed by atoms with Crippen molar-refractivity contribution in [2.45, 2.75) is 64.6 Å². The summed E-state index contributed by atoms with van der Waals surface area (Å²) in [6.45, 7) is 7.89. The molecule has 1 aromatic rings. The lowest BCUT2D eigenvalue weighted by atomic mass is 10.0. The molecule has 154 valence electrons. The minimum atomic E-state index is -0.651. The maximum atomic E-state index is 12.1. The average molecular weight is 394 g/mol. The van der Waals surface area contributed by atoms with Crippen molar-refractivity contribution < 1.29 is 24.0 Å². The summed E-state index contributed by atoms with van der Waals surface area (Å²) in [5.74, 6) is 1.22. The molecule has 2 N–H and O–H groups in total. The van der Waals surface area contributed by atoms with Crippen molar-refractivity contribution in [3.05, 3.63) is 11.8 Å². The largest absolute Gasteiger partial charge is 0.442 e. The number of carbonyl (C=O) groups excluding carboxylic acids is 2. The van der Waals surface area contributed by atoms with Crippen molar-refractivity contribution >= 4 is 18.0 Å². The highest BCUT2D eigenvalue weighted by molar-refractivity contribution is 5.90. The zero-order valence-corrected chi connectivity index (χ0v) is 16.5. The van der Waals surface area contributed by atoms with Gasteiger partial charge in [-0.05, 0) is 40.5 Å². The molecule has 2 fully saturated rings. The zero-order valence-electron chi connectivity index (χ0n) is 16.5. The molecule has 2 bridgehead atoms. The highest BCUT2D eigenvalue weighted by atomic mass is 16.6. The van der Waals surface area contributed by atoms with Crippen molar-refractivity contribution in [1.29, 1.82) is 0 Å². The van der Waals surface area contributed by atoms with E-state index in [0.29, 0.717) is 50.0 Å². The highest BCUT2D eigenvalue weighted by Gasteiger charge is 2.46. The van der Waals surface area contributed by atoms with E-state index >= 15 is 0 Å². The topological polar surface area (TPSA) is 133 Å². The summed E-state index contributed by atoms with van der Waals surface area (Å²) in [7, 11) is 0. The number of amides is 3. The Kier molecular flexibility index (Phi) is 5.54. The van der Waals surface area contributed by atoms with Gasteiger partial charge in [0.25, 0.3) is 0 Å². The lowest BCUT2D eigenvalue weighted by Gasteiger charge is -2.27. The first-order valence-corrected chi connectivity index (χ1v) is 9.27. The first-order valence-electron chi connectivity index (χ1n) is 9.27. The quantitative estimate of drug-likeness (QED) is 0.449. The van der Waals surface area contributed by atoms with Gasteiger partial charge in [0.2, 0.25) is 11.8 Å². The molecule has 28 heavy (non-hydrogen) atoms. The van der Waals surface area contributed by atoms with Crippen LogP contribution in [0.4, 0.5) is 9.59 Å². The van der Waals surface area contributed by atoms with Gasteiger partial charge in [0.15, 0.2) is 0 Å². The number of nitrogens with one attached hydrogen (secondary N) is 1. The number of urea groups is 1. The van der Waals surface area contributed by atoms with Crippen LogP contribution < -0.4 is 5.32 Å². The monoisotopic (exact) mass is 394 g/mol. The molecule has 11 heteroatoms. The van der Waals surface area contributed by atoms with Crippen molar-refractivity contribution in [2.24, 2.45) is 4.99 Å². The molecule has 2 aliphatic heterocycles. The van der Waals surface area contributed by atoms with Gasteiger partial charge in [-0.2, -0.15) is 4.99 Å². The van der Waals surface area contributed by atoms with Gasteiger partial charge in [0, 0.05) is 19.5 Å². The van der Waals surface area contributed by atoms with Crippen LogP contribution in [0.2, 0.25) is 0 Å². The molecule has 0 aromatic carbocycles. The number of hydroxylamine groups is 2. The summed E-state index contributed by atoms with van der Waals surface area (Å²) in [6.07, 6.45) is 1.13. The van der Waals surface area contributed by atoms with Gasteiger partial charge in [0.05, 0.1) is 6.04 Å². The number of rotatable bonds is 4. The molecular formula is C17H26N6O5. The predicted octanol–water partition coefficient (Wildman–Crippen LogP) is 1.89. The number of piperidine rings is 1. The van der Waals surface area contributed by atoms with E-state index < -0.39 is 17.7 Å². The maximum Gasteiger partial charge on any atom is 0.435 e. The minimum Gasteiger partial charge on any atom is -0.442 e. The van der Waals surface area contributed by atoms with Gasteiger partial charge in [0.1, 0.15) is 17.5 Å². The first-order chi connectivity index (χ1) is 13.1. The van der Waals surface area contributed by atoms with Crippen molar-refractivity contribution in [3.8, 4) is 0 Å². The number of ether oxygens (including phenoxy) is 1. The highest BCUT2D eigenvalue weighted by Crippen LogP contribution is 2.36. The second-order valence-electron chi connectivity index (χ2n) is 7.91. The van der Waals surface area contributed by atoms with Crippen LogP contribution >= 0.6 is 0 Å². The summed E-state index contributed by atoms with van der Waals surface area (Å²) >= 11 is 0. The van der Waals surface area contributed by atoms with E-state index in [0.717, 1.165) is 5.06 Å². The van der Waals surface area contributed by atoms with E-state index in [1.807, 2.05) is 0 Å². The van der Waals surface area contributed by atoms with Gasteiger partial charge >= 0.3 is 12.1 Å².